The largest absolute Gasteiger partial charge is 0.478 e. The van der Waals surface area contributed by atoms with E-state index in [1.807, 2.05) is 42.5 Å². The summed E-state index contributed by atoms with van der Waals surface area (Å²) in [7, 11) is 0. The van der Waals surface area contributed by atoms with Gasteiger partial charge >= 0.3 is 5.97 Å². The molecule has 0 heterocycles. The lowest BCUT2D eigenvalue weighted by Crippen LogP contribution is -2.03. The van der Waals surface area contributed by atoms with E-state index < -0.39 is 5.97 Å². The fourth-order valence-corrected chi connectivity index (χ4v) is 2.16. The molecule has 0 aliphatic carbocycles. The maximum Gasteiger partial charge on any atom is 0.336 e. The summed E-state index contributed by atoms with van der Waals surface area (Å²) in [5, 5.41) is 9.33. The minimum Gasteiger partial charge on any atom is -0.478 e. The molecule has 0 aromatic heterocycles. The fraction of sp³-hybridized carbons (Fsp3) is 0.188. The van der Waals surface area contributed by atoms with Crippen molar-refractivity contribution in [3.63, 3.8) is 0 Å². The third-order valence-electron chi connectivity index (χ3n) is 3.01. The highest BCUT2D eigenvalue weighted by Crippen LogP contribution is 2.32. The van der Waals surface area contributed by atoms with Crippen LogP contribution >= 0.6 is 0 Å². The molecule has 0 atom stereocenters. The first kappa shape index (κ1) is 12.4. The molecule has 92 valence electrons. The van der Waals surface area contributed by atoms with Crippen LogP contribution in [-0.4, -0.2) is 11.1 Å². The number of aromatic carboxylic acids is 1. The summed E-state index contributed by atoms with van der Waals surface area (Å²) in [6.07, 6.45) is 0. The van der Waals surface area contributed by atoms with E-state index in [0.717, 1.165) is 16.7 Å². The Morgan fingerprint density at radius 2 is 1.67 bits per heavy atom. The second kappa shape index (κ2) is 5.05. The van der Waals surface area contributed by atoms with Gasteiger partial charge in [0, 0.05) is 0 Å². The molecule has 0 radical (unpaired) electrons. The lowest BCUT2D eigenvalue weighted by Gasteiger charge is -2.15. The Morgan fingerprint density at radius 3 is 2.22 bits per heavy atom. The van der Waals surface area contributed by atoms with E-state index >= 15 is 0 Å². The molecule has 0 amide bonds. The second-order valence-corrected chi connectivity index (χ2v) is 4.60. The number of carboxylic acids is 1. The quantitative estimate of drug-likeness (QED) is 0.874. The van der Waals surface area contributed by atoms with Gasteiger partial charge in [0.05, 0.1) is 5.56 Å². The summed E-state index contributed by atoms with van der Waals surface area (Å²) >= 11 is 0. The first-order valence-corrected chi connectivity index (χ1v) is 6.03. The van der Waals surface area contributed by atoms with Gasteiger partial charge in [-0.05, 0) is 28.7 Å². The van der Waals surface area contributed by atoms with Crippen molar-refractivity contribution in [2.45, 2.75) is 19.8 Å². The molecule has 0 bridgehead atoms. The summed E-state index contributed by atoms with van der Waals surface area (Å²) in [5.74, 6) is -0.587. The molecule has 2 nitrogen and oxygen atoms in total. The van der Waals surface area contributed by atoms with E-state index in [2.05, 4.69) is 13.8 Å². The molecule has 2 aromatic carbocycles. The minimum absolute atomic E-state index is 0.291. The van der Waals surface area contributed by atoms with Gasteiger partial charge in [0.15, 0.2) is 0 Å². The molecular weight excluding hydrogens is 224 g/mol. The van der Waals surface area contributed by atoms with Gasteiger partial charge in [0.25, 0.3) is 0 Å². The van der Waals surface area contributed by atoms with Crippen LogP contribution in [0.25, 0.3) is 11.1 Å². The predicted molar refractivity (Wildman–Crippen MR) is 72.9 cm³/mol. The van der Waals surface area contributed by atoms with Gasteiger partial charge in [-0.15, -0.1) is 0 Å². The molecule has 2 rings (SSSR count). The molecule has 0 spiro atoms. The van der Waals surface area contributed by atoms with Crippen LogP contribution in [0.1, 0.15) is 35.7 Å². The molecule has 2 aromatic rings. The summed E-state index contributed by atoms with van der Waals surface area (Å²) in [6, 6.07) is 15.2. The highest BCUT2D eigenvalue weighted by atomic mass is 16.4. The van der Waals surface area contributed by atoms with Crippen LogP contribution in [0.4, 0.5) is 0 Å². The first-order chi connectivity index (χ1) is 8.61. The molecule has 0 saturated carbocycles. The van der Waals surface area contributed by atoms with E-state index in [0.29, 0.717) is 11.5 Å². The monoisotopic (exact) mass is 240 g/mol. The molecule has 0 fully saturated rings. The number of hydrogen-bond donors (Lipinski definition) is 1. The van der Waals surface area contributed by atoms with E-state index in [9.17, 15) is 9.90 Å². The van der Waals surface area contributed by atoms with Gasteiger partial charge in [-0.3, -0.25) is 0 Å². The average Bonchev–Trinajstić information content (AvgIpc) is 2.38. The Morgan fingerprint density at radius 1 is 1.00 bits per heavy atom. The topological polar surface area (TPSA) is 37.3 Å². The fourth-order valence-electron chi connectivity index (χ4n) is 2.16. The van der Waals surface area contributed by atoms with E-state index in [-0.39, 0.29) is 0 Å². The van der Waals surface area contributed by atoms with E-state index in [1.54, 1.807) is 6.07 Å². The van der Waals surface area contributed by atoms with Crippen molar-refractivity contribution in [2.24, 2.45) is 0 Å². The van der Waals surface area contributed by atoms with Crippen molar-refractivity contribution < 1.29 is 9.90 Å². The van der Waals surface area contributed by atoms with Gasteiger partial charge in [-0.2, -0.15) is 0 Å². The number of hydrogen-bond acceptors (Lipinski definition) is 1. The van der Waals surface area contributed by atoms with Crippen molar-refractivity contribution >= 4 is 5.97 Å². The Hall–Kier alpha value is -2.09. The Bertz CT molecular complexity index is 557. The lowest BCUT2D eigenvalue weighted by molar-refractivity contribution is 0.0697. The zero-order valence-corrected chi connectivity index (χ0v) is 10.6. The van der Waals surface area contributed by atoms with Gasteiger partial charge in [0.2, 0.25) is 0 Å². The second-order valence-electron chi connectivity index (χ2n) is 4.60. The van der Waals surface area contributed by atoms with Gasteiger partial charge < -0.3 is 5.11 Å². The first-order valence-electron chi connectivity index (χ1n) is 6.03. The van der Waals surface area contributed by atoms with Crippen molar-refractivity contribution in [2.75, 3.05) is 0 Å². The smallest absolute Gasteiger partial charge is 0.336 e. The number of carbonyl (C=O) groups is 1. The minimum atomic E-state index is -0.878. The summed E-state index contributed by atoms with van der Waals surface area (Å²) in [6.45, 7) is 4.15. The maximum absolute atomic E-state index is 11.4. The third-order valence-corrected chi connectivity index (χ3v) is 3.01. The van der Waals surface area contributed by atoms with Gasteiger partial charge in [-0.1, -0.05) is 56.3 Å². The molecular formula is C16H16O2. The van der Waals surface area contributed by atoms with Crippen LogP contribution in [0.3, 0.4) is 0 Å². The van der Waals surface area contributed by atoms with E-state index in [1.165, 1.54) is 0 Å². The summed E-state index contributed by atoms with van der Waals surface area (Å²) in [5.41, 5.74) is 3.23. The van der Waals surface area contributed by atoms with Crippen LogP contribution in [0.5, 0.6) is 0 Å². The van der Waals surface area contributed by atoms with Gasteiger partial charge in [-0.25, -0.2) is 4.79 Å². The molecule has 0 aliphatic rings. The molecule has 0 unspecified atom stereocenters. The molecule has 2 heteroatoms. The highest BCUT2D eigenvalue weighted by molar-refractivity contribution is 5.97. The molecule has 18 heavy (non-hydrogen) atoms. The molecule has 0 aliphatic heterocycles. The Kier molecular flexibility index (Phi) is 3.47. The van der Waals surface area contributed by atoms with E-state index in [4.69, 9.17) is 0 Å². The summed E-state index contributed by atoms with van der Waals surface area (Å²) < 4.78 is 0. The SMILES string of the molecule is CC(C)c1cccc(C(=O)O)c1-c1ccccc1. The predicted octanol–water partition coefficient (Wildman–Crippen LogP) is 4.18. The Labute approximate surface area is 107 Å². The number of benzene rings is 2. The zero-order valence-electron chi connectivity index (χ0n) is 10.6. The van der Waals surface area contributed by atoms with Crippen molar-refractivity contribution in [3.05, 3.63) is 59.7 Å². The summed E-state index contributed by atoms with van der Waals surface area (Å²) in [4.78, 5) is 11.4. The normalized spacial score (nSPS) is 10.6. The van der Waals surface area contributed by atoms with Crippen molar-refractivity contribution in [3.8, 4) is 11.1 Å². The van der Waals surface area contributed by atoms with Gasteiger partial charge in [0.1, 0.15) is 0 Å². The average molecular weight is 240 g/mol. The number of carboxylic acid groups (broad SMARTS) is 1. The van der Waals surface area contributed by atoms with Crippen LogP contribution in [-0.2, 0) is 0 Å². The highest BCUT2D eigenvalue weighted by Gasteiger charge is 2.16. The van der Waals surface area contributed by atoms with Crippen LogP contribution < -0.4 is 0 Å². The van der Waals surface area contributed by atoms with Crippen LogP contribution in [0.2, 0.25) is 0 Å². The third kappa shape index (κ3) is 2.28. The zero-order chi connectivity index (χ0) is 13.1. The number of rotatable bonds is 3. The Balaban J connectivity index is 2.73. The van der Waals surface area contributed by atoms with Crippen molar-refractivity contribution in [1.29, 1.82) is 0 Å². The standard InChI is InChI=1S/C16H16O2/c1-11(2)13-9-6-10-14(16(17)18)15(13)12-7-4-3-5-8-12/h3-11H,1-2H3,(H,17,18). The van der Waals surface area contributed by atoms with Crippen LogP contribution in [0.15, 0.2) is 48.5 Å². The molecule has 0 saturated heterocycles. The lowest BCUT2D eigenvalue weighted by atomic mass is 9.89. The maximum atomic E-state index is 11.4. The molecule has 1 N–H and O–H groups in total. The van der Waals surface area contributed by atoms with Crippen molar-refractivity contribution in [1.82, 2.24) is 0 Å². The van der Waals surface area contributed by atoms with Crippen LogP contribution in [0, 0.1) is 0 Å².